The van der Waals surface area contributed by atoms with E-state index in [1.54, 1.807) is 24.3 Å². The zero-order chi connectivity index (χ0) is 17.0. The van der Waals surface area contributed by atoms with E-state index in [0.29, 0.717) is 22.0 Å². The lowest BCUT2D eigenvalue weighted by atomic mass is 10.1. The highest BCUT2D eigenvalue weighted by Crippen LogP contribution is 2.32. The molecule has 0 aliphatic rings. The molecule has 0 heterocycles. The Hall–Kier alpha value is -1.95. The van der Waals surface area contributed by atoms with Crippen molar-refractivity contribution in [3.05, 3.63) is 57.0 Å². The van der Waals surface area contributed by atoms with Gasteiger partial charge in [0, 0.05) is 5.69 Å². The van der Waals surface area contributed by atoms with E-state index in [-0.39, 0.29) is 22.5 Å². The number of amides is 2. The predicted octanol–water partition coefficient (Wildman–Crippen LogP) is 3.80. The maximum absolute atomic E-state index is 12.0. The fraction of sp³-hybridized carbons (Fsp3) is 0.0667. The van der Waals surface area contributed by atoms with Crippen molar-refractivity contribution >= 4 is 58.0 Å². The molecule has 2 aromatic carbocycles. The van der Waals surface area contributed by atoms with Crippen LogP contribution in [0.2, 0.25) is 15.1 Å². The van der Waals surface area contributed by atoms with Crippen molar-refractivity contribution in [2.24, 2.45) is 5.73 Å². The number of halogens is 3. The summed E-state index contributed by atoms with van der Waals surface area (Å²) in [6.07, 6.45) is 0. The molecule has 0 aromatic heterocycles. The SMILES string of the molecule is NC(=O)c1ccccc1NCC(=O)Nc1cc(Cl)c(Cl)cc1Cl. The molecule has 2 aromatic rings. The van der Waals surface area contributed by atoms with Gasteiger partial charge < -0.3 is 16.4 Å². The number of hydrogen-bond acceptors (Lipinski definition) is 3. The molecule has 0 saturated carbocycles. The second kappa shape index (κ2) is 7.55. The highest BCUT2D eigenvalue weighted by molar-refractivity contribution is 6.44. The second-order valence-corrected chi connectivity index (χ2v) is 5.78. The van der Waals surface area contributed by atoms with E-state index in [2.05, 4.69) is 10.6 Å². The highest BCUT2D eigenvalue weighted by atomic mass is 35.5. The number of hydrogen-bond donors (Lipinski definition) is 3. The van der Waals surface area contributed by atoms with Crippen LogP contribution in [0.25, 0.3) is 0 Å². The molecule has 0 unspecified atom stereocenters. The third-order valence-electron chi connectivity index (χ3n) is 2.92. The molecular formula is C15H12Cl3N3O2. The lowest BCUT2D eigenvalue weighted by molar-refractivity contribution is -0.114. The van der Waals surface area contributed by atoms with Crippen molar-refractivity contribution < 1.29 is 9.59 Å². The Morgan fingerprint density at radius 3 is 2.30 bits per heavy atom. The highest BCUT2D eigenvalue weighted by Gasteiger charge is 2.11. The number of benzene rings is 2. The summed E-state index contributed by atoms with van der Waals surface area (Å²) in [7, 11) is 0. The Kier molecular flexibility index (Phi) is 5.71. The normalized spacial score (nSPS) is 10.2. The van der Waals surface area contributed by atoms with Crippen LogP contribution in [-0.4, -0.2) is 18.4 Å². The van der Waals surface area contributed by atoms with Crippen molar-refractivity contribution in [2.45, 2.75) is 0 Å². The summed E-state index contributed by atoms with van der Waals surface area (Å²) in [6.45, 7) is -0.0825. The third-order valence-corrected chi connectivity index (χ3v) is 3.95. The lowest BCUT2D eigenvalue weighted by Gasteiger charge is -2.11. The van der Waals surface area contributed by atoms with Gasteiger partial charge in [0.25, 0.3) is 5.91 Å². The first-order chi connectivity index (χ1) is 10.9. The van der Waals surface area contributed by atoms with Gasteiger partial charge in [-0.2, -0.15) is 0 Å². The minimum Gasteiger partial charge on any atom is -0.376 e. The largest absolute Gasteiger partial charge is 0.376 e. The molecule has 0 aliphatic heterocycles. The molecule has 120 valence electrons. The van der Waals surface area contributed by atoms with Gasteiger partial charge in [0.15, 0.2) is 0 Å². The van der Waals surface area contributed by atoms with Crippen molar-refractivity contribution in [1.29, 1.82) is 0 Å². The molecule has 0 atom stereocenters. The molecule has 23 heavy (non-hydrogen) atoms. The van der Waals surface area contributed by atoms with E-state index < -0.39 is 5.91 Å². The van der Waals surface area contributed by atoms with Crippen molar-refractivity contribution in [2.75, 3.05) is 17.2 Å². The minimum atomic E-state index is -0.582. The quantitative estimate of drug-likeness (QED) is 0.698. The zero-order valence-electron chi connectivity index (χ0n) is 11.7. The summed E-state index contributed by atoms with van der Waals surface area (Å²) >= 11 is 17.7. The van der Waals surface area contributed by atoms with Crippen molar-refractivity contribution in [1.82, 2.24) is 0 Å². The average molecular weight is 373 g/mol. The Morgan fingerprint density at radius 2 is 1.61 bits per heavy atom. The molecule has 0 fully saturated rings. The number of primary amides is 1. The summed E-state index contributed by atoms with van der Waals surface area (Å²) < 4.78 is 0. The van der Waals surface area contributed by atoms with Crippen LogP contribution in [0.3, 0.4) is 0 Å². The molecule has 2 rings (SSSR count). The zero-order valence-corrected chi connectivity index (χ0v) is 14.0. The Morgan fingerprint density at radius 1 is 0.957 bits per heavy atom. The minimum absolute atomic E-state index is 0.0825. The Bertz CT molecular complexity index is 766. The van der Waals surface area contributed by atoms with Crippen LogP contribution >= 0.6 is 34.8 Å². The van der Waals surface area contributed by atoms with Crippen molar-refractivity contribution in [3.8, 4) is 0 Å². The first kappa shape index (κ1) is 17.4. The molecule has 0 spiro atoms. The van der Waals surface area contributed by atoms with E-state index >= 15 is 0 Å². The molecule has 0 radical (unpaired) electrons. The molecule has 5 nitrogen and oxygen atoms in total. The molecule has 8 heteroatoms. The fourth-order valence-corrected chi connectivity index (χ4v) is 2.43. The first-order valence-corrected chi connectivity index (χ1v) is 7.59. The van der Waals surface area contributed by atoms with E-state index in [9.17, 15) is 9.59 Å². The van der Waals surface area contributed by atoms with Gasteiger partial charge in [-0.05, 0) is 24.3 Å². The van der Waals surface area contributed by atoms with Gasteiger partial charge in [0.2, 0.25) is 5.91 Å². The van der Waals surface area contributed by atoms with E-state index in [0.717, 1.165) is 0 Å². The summed E-state index contributed by atoms with van der Waals surface area (Å²) in [6, 6.07) is 9.53. The Balaban J connectivity index is 2.04. The van der Waals surface area contributed by atoms with Crippen LogP contribution in [-0.2, 0) is 4.79 Å². The molecular weight excluding hydrogens is 361 g/mol. The van der Waals surface area contributed by atoms with Crippen LogP contribution < -0.4 is 16.4 Å². The number of carbonyl (C=O) groups is 2. The number of carbonyl (C=O) groups excluding carboxylic acids is 2. The maximum atomic E-state index is 12.0. The van der Waals surface area contributed by atoms with Crippen LogP contribution in [0, 0.1) is 0 Å². The van der Waals surface area contributed by atoms with Gasteiger partial charge >= 0.3 is 0 Å². The lowest BCUT2D eigenvalue weighted by Crippen LogP contribution is -2.23. The van der Waals surface area contributed by atoms with Gasteiger partial charge in [-0.25, -0.2) is 0 Å². The molecule has 2 amide bonds. The monoisotopic (exact) mass is 371 g/mol. The molecule has 0 aliphatic carbocycles. The van der Waals surface area contributed by atoms with Crippen LogP contribution in [0.1, 0.15) is 10.4 Å². The predicted molar refractivity (Wildman–Crippen MR) is 93.6 cm³/mol. The van der Waals surface area contributed by atoms with E-state index in [1.807, 2.05) is 0 Å². The number of para-hydroxylation sites is 1. The first-order valence-electron chi connectivity index (χ1n) is 6.45. The van der Waals surface area contributed by atoms with Crippen molar-refractivity contribution in [3.63, 3.8) is 0 Å². The van der Waals surface area contributed by atoms with E-state index in [1.165, 1.54) is 12.1 Å². The summed E-state index contributed by atoms with van der Waals surface area (Å²) in [5, 5.41) is 6.29. The summed E-state index contributed by atoms with van der Waals surface area (Å²) in [5.41, 5.74) is 6.38. The summed E-state index contributed by atoms with van der Waals surface area (Å²) in [4.78, 5) is 23.3. The smallest absolute Gasteiger partial charge is 0.250 e. The second-order valence-electron chi connectivity index (χ2n) is 4.56. The van der Waals surface area contributed by atoms with Crippen LogP contribution in [0.4, 0.5) is 11.4 Å². The van der Waals surface area contributed by atoms with Gasteiger partial charge in [-0.15, -0.1) is 0 Å². The van der Waals surface area contributed by atoms with Gasteiger partial charge in [-0.3, -0.25) is 9.59 Å². The third kappa shape index (κ3) is 4.51. The molecule has 0 saturated heterocycles. The number of nitrogens with two attached hydrogens (primary N) is 1. The Labute approximate surface area is 147 Å². The molecule has 4 N–H and O–H groups in total. The summed E-state index contributed by atoms with van der Waals surface area (Å²) in [5.74, 6) is -0.953. The fourth-order valence-electron chi connectivity index (χ4n) is 1.84. The molecule has 0 bridgehead atoms. The number of rotatable bonds is 5. The van der Waals surface area contributed by atoms with Crippen LogP contribution in [0.15, 0.2) is 36.4 Å². The van der Waals surface area contributed by atoms with Gasteiger partial charge in [-0.1, -0.05) is 46.9 Å². The standard InChI is InChI=1S/C15H12Cl3N3O2/c16-9-5-11(18)13(6-10(9)17)21-14(22)7-20-12-4-2-1-3-8(12)15(19)23/h1-6,20H,7H2,(H2,19,23)(H,21,22). The van der Waals surface area contributed by atoms with E-state index in [4.69, 9.17) is 40.5 Å². The maximum Gasteiger partial charge on any atom is 0.250 e. The topological polar surface area (TPSA) is 84.2 Å². The number of nitrogens with one attached hydrogen (secondary N) is 2. The van der Waals surface area contributed by atoms with Crippen LogP contribution in [0.5, 0.6) is 0 Å². The van der Waals surface area contributed by atoms with Gasteiger partial charge in [0.1, 0.15) is 0 Å². The van der Waals surface area contributed by atoms with Gasteiger partial charge in [0.05, 0.1) is 32.9 Å². The average Bonchev–Trinajstić information content (AvgIpc) is 2.50. The number of anilines is 2.